The molecule has 5 atom stereocenters. The average Bonchev–Trinajstić information content (AvgIpc) is 2.70. The molecular formula is C17H30N4O8S. The Morgan fingerprint density at radius 2 is 1.53 bits per heavy atom. The maximum Gasteiger partial charge on any atom is 0.328 e. The number of hydrogen-bond acceptors (Lipinski definition) is 8. The van der Waals surface area contributed by atoms with Crippen LogP contribution in [0.5, 0.6) is 0 Å². The lowest BCUT2D eigenvalue weighted by atomic mass is 9.97. The molecule has 8 N–H and O–H groups in total. The number of amides is 3. The molecule has 0 aromatic heterocycles. The number of carbonyl (C=O) groups excluding carboxylic acids is 3. The van der Waals surface area contributed by atoms with Gasteiger partial charge in [-0.15, -0.1) is 0 Å². The van der Waals surface area contributed by atoms with E-state index in [1.165, 1.54) is 0 Å². The number of nitrogens with two attached hydrogens (primary N) is 1. The van der Waals surface area contributed by atoms with E-state index >= 15 is 0 Å². The Labute approximate surface area is 179 Å². The fraction of sp³-hybridized carbons (Fsp3) is 0.706. The summed E-state index contributed by atoms with van der Waals surface area (Å²) in [5.74, 6) is -5.46. The van der Waals surface area contributed by atoms with Crippen LogP contribution < -0.4 is 21.7 Å². The monoisotopic (exact) mass is 450 g/mol. The number of aliphatic carboxylic acids is 2. The minimum absolute atomic E-state index is 0.00522. The third kappa shape index (κ3) is 9.41. The zero-order valence-corrected chi connectivity index (χ0v) is 17.7. The molecule has 0 aliphatic heterocycles. The Kier molecular flexibility index (Phi) is 12.7. The van der Waals surface area contributed by atoms with Crippen molar-refractivity contribution in [2.75, 3.05) is 12.4 Å². The second-order valence-electron chi connectivity index (χ2n) is 6.74. The highest BCUT2D eigenvalue weighted by molar-refractivity contribution is 7.80. The summed E-state index contributed by atoms with van der Waals surface area (Å²) in [5.41, 5.74) is 5.56. The summed E-state index contributed by atoms with van der Waals surface area (Å²) in [4.78, 5) is 59.1. The summed E-state index contributed by atoms with van der Waals surface area (Å²) in [7, 11) is 0. The Bertz CT molecular complexity index is 633. The van der Waals surface area contributed by atoms with Crippen LogP contribution in [0.15, 0.2) is 0 Å². The van der Waals surface area contributed by atoms with Crippen molar-refractivity contribution in [1.29, 1.82) is 0 Å². The highest BCUT2D eigenvalue weighted by Crippen LogP contribution is 2.10. The molecule has 0 aliphatic rings. The summed E-state index contributed by atoms with van der Waals surface area (Å²) in [5, 5.41) is 33.9. The fourth-order valence-electron chi connectivity index (χ4n) is 2.30. The minimum Gasteiger partial charge on any atom is -0.481 e. The summed E-state index contributed by atoms with van der Waals surface area (Å²) >= 11 is 3.89. The van der Waals surface area contributed by atoms with E-state index in [9.17, 15) is 24.0 Å². The molecule has 0 rings (SSSR count). The van der Waals surface area contributed by atoms with Gasteiger partial charge in [0.25, 0.3) is 0 Å². The molecule has 0 heterocycles. The summed E-state index contributed by atoms with van der Waals surface area (Å²) in [6, 6.07) is -5.05. The second kappa shape index (κ2) is 13.8. The highest BCUT2D eigenvalue weighted by Gasteiger charge is 2.32. The molecule has 0 bridgehead atoms. The molecule has 0 fully saturated rings. The zero-order chi connectivity index (χ0) is 23.4. The van der Waals surface area contributed by atoms with Crippen LogP contribution in [0.3, 0.4) is 0 Å². The number of thiol groups is 1. The smallest absolute Gasteiger partial charge is 0.328 e. The molecule has 13 heteroatoms. The molecule has 5 unspecified atom stereocenters. The van der Waals surface area contributed by atoms with Crippen molar-refractivity contribution in [2.45, 2.75) is 57.3 Å². The standard InChI is InChI=1S/C17H30N4O8S/c1-3-8(2)13(16(27)20-11(6-22)17(28)29)21-15(26)10(4-5-12(23)24)19-14(25)9(18)7-30/h8-11,13,22,30H,3-7,18H2,1-2H3,(H,19,25)(H,20,27)(H,21,26)(H,23,24)(H,28,29). The zero-order valence-electron chi connectivity index (χ0n) is 16.8. The predicted octanol–water partition coefficient (Wildman–Crippen LogP) is -2.31. The molecular weight excluding hydrogens is 420 g/mol. The normalized spacial score (nSPS) is 15.8. The van der Waals surface area contributed by atoms with Gasteiger partial charge in [-0.05, 0) is 12.3 Å². The molecule has 0 aromatic carbocycles. The number of carboxylic acids is 2. The molecule has 0 radical (unpaired) electrons. The van der Waals surface area contributed by atoms with E-state index < -0.39 is 72.8 Å². The highest BCUT2D eigenvalue weighted by atomic mass is 32.1. The van der Waals surface area contributed by atoms with Gasteiger partial charge in [0.05, 0.1) is 12.6 Å². The number of hydrogen-bond donors (Lipinski definition) is 8. The van der Waals surface area contributed by atoms with Crippen LogP contribution in [0, 0.1) is 5.92 Å². The van der Waals surface area contributed by atoms with Gasteiger partial charge in [-0.1, -0.05) is 20.3 Å². The van der Waals surface area contributed by atoms with Gasteiger partial charge in [0.15, 0.2) is 0 Å². The van der Waals surface area contributed by atoms with E-state index in [4.69, 9.17) is 21.1 Å². The van der Waals surface area contributed by atoms with E-state index in [-0.39, 0.29) is 12.2 Å². The first kappa shape index (κ1) is 27.6. The van der Waals surface area contributed by atoms with Crippen molar-refractivity contribution in [3.8, 4) is 0 Å². The van der Waals surface area contributed by atoms with Crippen LogP contribution in [0.2, 0.25) is 0 Å². The van der Waals surface area contributed by atoms with Crippen LogP contribution >= 0.6 is 12.6 Å². The number of aliphatic hydroxyl groups excluding tert-OH is 1. The quantitative estimate of drug-likeness (QED) is 0.133. The lowest BCUT2D eigenvalue weighted by Crippen LogP contribution is -2.59. The van der Waals surface area contributed by atoms with Crippen molar-refractivity contribution >= 4 is 42.3 Å². The van der Waals surface area contributed by atoms with Crippen molar-refractivity contribution in [2.24, 2.45) is 11.7 Å². The Morgan fingerprint density at radius 1 is 0.967 bits per heavy atom. The van der Waals surface area contributed by atoms with Crippen LogP contribution in [-0.2, 0) is 24.0 Å². The van der Waals surface area contributed by atoms with Gasteiger partial charge in [-0.25, -0.2) is 4.79 Å². The summed E-state index contributed by atoms with van der Waals surface area (Å²) in [6.45, 7) is 2.54. The van der Waals surface area contributed by atoms with Gasteiger partial charge >= 0.3 is 11.9 Å². The number of carboxylic acid groups (broad SMARTS) is 2. The number of nitrogens with one attached hydrogen (secondary N) is 3. The Hall–Kier alpha value is -2.38. The van der Waals surface area contributed by atoms with Crippen molar-refractivity contribution in [3.63, 3.8) is 0 Å². The molecule has 0 aliphatic carbocycles. The van der Waals surface area contributed by atoms with Crippen molar-refractivity contribution in [3.05, 3.63) is 0 Å². The third-order valence-electron chi connectivity index (χ3n) is 4.40. The van der Waals surface area contributed by atoms with E-state index in [1.807, 2.05) is 0 Å². The van der Waals surface area contributed by atoms with Gasteiger partial charge in [0.2, 0.25) is 17.7 Å². The van der Waals surface area contributed by atoms with E-state index in [0.717, 1.165) is 0 Å². The van der Waals surface area contributed by atoms with E-state index in [1.54, 1.807) is 13.8 Å². The summed E-state index contributed by atoms with van der Waals surface area (Å²) < 4.78 is 0. The predicted molar refractivity (Wildman–Crippen MR) is 109 cm³/mol. The average molecular weight is 451 g/mol. The molecule has 0 saturated heterocycles. The first-order valence-corrected chi connectivity index (χ1v) is 9.94. The largest absolute Gasteiger partial charge is 0.481 e. The number of carbonyl (C=O) groups is 5. The van der Waals surface area contributed by atoms with Gasteiger partial charge < -0.3 is 37.0 Å². The molecule has 0 saturated carbocycles. The first-order valence-electron chi connectivity index (χ1n) is 9.31. The molecule has 0 aromatic rings. The van der Waals surface area contributed by atoms with E-state index in [2.05, 4.69) is 28.6 Å². The maximum absolute atomic E-state index is 12.7. The lowest BCUT2D eigenvalue weighted by molar-refractivity contribution is -0.143. The molecule has 0 spiro atoms. The van der Waals surface area contributed by atoms with Crippen molar-refractivity contribution in [1.82, 2.24) is 16.0 Å². The topological polar surface area (TPSA) is 208 Å². The maximum atomic E-state index is 12.7. The minimum atomic E-state index is -1.56. The van der Waals surface area contributed by atoms with Gasteiger partial charge in [0, 0.05) is 12.2 Å². The fourth-order valence-corrected chi connectivity index (χ4v) is 2.47. The summed E-state index contributed by atoms with van der Waals surface area (Å²) in [6.07, 6.45) is -0.248. The lowest BCUT2D eigenvalue weighted by Gasteiger charge is -2.27. The third-order valence-corrected chi connectivity index (χ3v) is 4.80. The first-order chi connectivity index (χ1) is 14.0. The Balaban J connectivity index is 5.48. The van der Waals surface area contributed by atoms with Crippen molar-refractivity contribution < 1.29 is 39.3 Å². The molecule has 3 amide bonds. The van der Waals surface area contributed by atoms with Crippen LogP contribution in [-0.4, -0.2) is 81.5 Å². The van der Waals surface area contributed by atoms with Gasteiger partial charge in [0.1, 0.15) is 18.1 Å². The molecule has 12 nitrogen and oxygen atoms in total. The number of rotatable bonds is 14. The molecule has 30 heavy (non-hydrogen) atoms. The Morgan fingerprint density at radius 3 is 1.97 bits per heavy atom. The van der Waals surface area contributed by atoms with Crippen LogP contribution in [0.25, 0.3) is 0 Å². The van der Waals surface area contributed by atoms with Crippen LogP contribution in [0.4, 0.5) is 0 Å². The van der Waals surface area contributed by atoms with E-state index in [0.29, 0.717) is 6.42 Å². The number of aliphatic hydroxyl groups is 1. The molecule has 172 valence electrons. The second-order valence-corrected chi connectivity index (χ2v) is 7.10. The van der Waals surface area contributed by atoms with Gasteiger partial charge in [-0.3, -0.25) is 19.2 Å². The van der Waals surface area contributed by atoms with Crippen LogP contribution in [0.1, 0.15) is 33.1 Å². The van der Waals surface area contributed by atoms with Gasteiger partial charge in [-0.2, -0.15) is 12.6 Å². The SMILES string of the molecule is CCC(C)C(NC(=O)C(CCC(=O)O)NC(=O)C(N)CS)C(=O)NC(CO)C(=O)O.